The number of aliphatic hydroxyl groups is 1. The summed E-state index contributed by atoms with van der Waals surface area (Å²) in [5, 5.41) is 10.2. The van der Waals surface area contributed by atoms with Crippen LogP contribution in [0.3, 0.4) is 0 Å². The fourth-order valence-electron chi connectivity index (χ4n) is 2.85. The first-order chi connectivity index (χ1) is 11.6. The minimum Gasteiger partial charge on any atom is -0.369 e. The third-order valence-electron chi connectivity index (χ3n) is 4.15. The lowest BCUT2D eigenvalue weighted by Gasteiger charge is -2.30. The SMILES string of the molecule is CN1C=C(CCC(=O)CSc2ccccc2)c2ccccc2C1O. The molecule has 2 aromatic rings. The molecule has 3 rings (SSSR count). The van der Waals surface area contributed by atoms with E-state index in [0.717, 1.165) is 21.6 Å². The first kappa shape index (κ1) is 16.8. The summed E-state index contributed by atoms with van der Waals surface area (Å²) < 4.78 is 0. The summed E-state index contributed by atoms with van der Waals surface area (Å²) in [4.78, 5) is 15.1. The Labute approximate surface area is 147 Å². The smallest absolute Gasteiger partial charge is 0.153 e. The average Bonchev–Trinajstić information content (AvgIpc) is 2.62. The van der Waals surface area contributed by atoms with Crippen LogP contribution in [0.5, 0.6) is 0 Å². The van der Waals surface area contributed by atoms with Crippen molar-refractivity contribution in [1.29, 1.82) is 0 Å². The maximum absolute atomic E-state index is 12.2. The molecule has 1 atom stereocenters. The van der Waals surface area contributed by atoms with E-state index in [9.17, 15) is 9.90 Å². The summed E-state index contributed by atoms with van der Waals surface area (Å²) >= 11 is 1.58. The Bertz CT molecular complexity index is 742. The number of Topliss-reactive ketones (excluding diaryl/α,β-unsaturated/α-hetero) is 1. The van der Waals surface area contributed by atoms with Crippen LogP contribution in [-0.2, 0) is 4.79 Å². The average molecular weight is 339 g/mol. The van der Waals surface area contributed by atoms with Gasteiger partial charge in [0.05, 0.1) is 5.75 Å². The fourth-order valence-corrected chi connectivity index (χ4v) is 3.67. The summed E-state index contributed by atoms with van der Waals surface area (Å²) in [6, 6.07) is 17.8. The molecule has 1 heterocycles. The van der Waals surface area contributed by atoms with Crippen LogP contribution in [0, 0.1) is 0 Å². The van der Waals surface area contributed by atoms with E-state index >= 15 is 0 Å². The molecule has 0 amide bonds. The standard InChI is InChI=1S/C20H21NO2S/c1-21-13-15(18-9-5-6-10-19(18)20(21)23)11-12-16(22)14-24-17-7-3-2-4-8-17/h2-10,13,20,23H,11-12,14H2,1H3. The van der Waals surface area contributed by atoms with Crippen molar-refractivity contribution in [3.8, 4) is 0 Å². The van der Waals surface area contributed by atoms with Gasteiger partial charge in [-0.05, 0) is 29.7 Å². The lowest BCUT2D eigenvalue weighted by Crippen LogP contribution is -2.24. The van der Waals surface area contributed by atoms with Gasteiger partial charge < -0.3 is 10.0 Å². The molecule has 1 unspecified atom stereocenters. The number of rotatable bonds is 6. The third-order valence-corrected chi connectivity index (χ3v) is 5.22. The highest BCUT2D eigenvalue weighted by Gasteiger charge is 2.22. The Morgan fingerprint density at radius 3 is 2.62 bits per heavy atom. The molecule has 0 saturated heterocycles. The van der Waals surface area contributed by atoms with Crippen molar-refractivity contribution in [2.24, 2.45) is 0 Å². The Hall–Kier alpha value is -2.04. The van der Waals surface area contributed by atoms with Crippen LogP contribution in [0.1, 0.15) is 30.2 Å². The zero-order chi connectivity index (χ0) is 16.9. The highest BCUT2D eigenvalue weighted by Crippen LogP contribution is 2.34. The minimum absolute atomic E-state index is 0.246. The number of ketones is 1. The van der Waals surface area contributed by atoms with Crippen molar-refractivity contribution >= 4 is 23.1 Å². The van der Waals surface area contributed by atoms with Crippen LogP contribution in [0.4, 0.5) is 0 Å². The van der Waals surface area contributed by atoms with Crippen LogP contribution < -0.4 is 0 Å². The zero-order valence-corrected chi connectivity index (χ0v) is 14.5. The van der Waals surface area contributed by atoms with E-state index in [0.29, 0.717) is 18.6 Å². The molecule has 124 valence electrons. The topological polar surface area (TPSA) is 40.5 Å². The summed E-state index contributed by atoms with van der Waals surface area (Å²) in [6.45, 7) is 0. The number of aliphatic hydroxyl groups excluding tert-OH is 1. The van der Waals surface area contributed by atoms with Gasteiger partial charge >= 0.3 is 0 Å². The van der Waals surface area contributed by atoms with Gasteiger partial charge in [-0.25, -0.2) is 0 Å². The number of fused-ring (bicyclic) bond motifs is 1. The van der Waals surface area contributed by atoms with E-state index in [2.05, 4.69) is 0 Å². The number of carbonyl (C=O) groups excluding carboxylic acids is 1. The second-order valence-electron chi connectivity index (χ2n) is 5.92. The van der Waals surface area contributed by atoms with Crippen molar-refractivity contribution in [3.05, 3.63) is 71.9 Å². The molecule has 0 fully saturated rings. The van der Waals surface area contributed by atoms with E-state index < -0.39 is 6.23 Å². The summed E-state index contributed by atoms with van der Waals surface area (Å²) in [5.74, 6) is 0.744. The maximum Gasteiger partial charge on any atom is 0.153 e. The van der Waals surface area contributed by atoms with Crippen molar-refractivity contribution in [2.75, 3.05) is 12.8 Å². The first-order valence-corrected chi connectivity index (χ1v) is 9.03. The number of hydrogen-bond donors (Lipinski definition) is 1. The molecule has 1 N–H and O–H groups in total. The van der Waals surface area contributed by atoms with E-state index in [1.807, 2.05) is 67.8 Å². The maximum atomic E-state index is 12.2. The molecule has 0 spiro atoms. The largest absolute Gasteiger partial charge is 0.369 e. The molecule has 24 heavy (non-hydrogen) atoms. The van der Waals surface area contributed by atoms with Gasteiger partial charge in [-0.2, -0.15) is 0 Å². The molecule has 1 aliphatic rings. The minimum atomic E-state index is -0.616. The van der Waals surface area contributed by atoms with Crippen LogP contribution in [0.15, 0.2) is 65.7 Å². The molecule has 0 bridgehead atoms. The predicted octanol–water partition coefficient (Wildman–Crippen LogP) is 4.11. The Kier molecular flexibility index (Phi) is 5.38. The summed E-state index contributed by atoms with van der Waals surface area (Å²) in [7, 11) is 1.85. The van der Waals surface area contributed by atoms with Gasteiger partial charge in [-0.3, -0.25) is 4.79 Å². The number of nitrogens with zero attached hydrogens (tertiary/aromatic N) is 1. The number of thioether (sulfide) groups is 1. The van der Waals surface area contributed by atoms with Gasteiger partial charge in [0.1, 0.15) is 5.78 Å². The van der Waals surface area contributed by atoms with Gasteiger partial charge in [0.25, 0.3) is 0 Å². The second-order valence-corrected chi connectivity index (χ2v) is 6.97. The monoisotopic (exact) mass is 339 g/mol. The molecular formula is C20H21NO2S. The molecule has 0 radical (unpaired) electrons. The van der Waals surface area contributed by atoms with Gasteiger partial charge in [0.2, 0.25) is 0 Å². The quantitative estimate of drug-likeness (QED) is 0.804. The van der Waals surface area contributed by atoms with Crippen molar-refractivity contribution in [1.82, 2.24) is 4.90 Å². The second kappa shape index (κ2) is 7.69. The Balaban J connectivity index is 1.60. The molecule has 0 saturated carbocycles. The highest BCUT2D eigenvalue weighted by atomic mass is 32.2. The van der Waals surface area contributed by atoms with Gasteiger partial charge in [0.15, 0.2) is 6.23 Å². The van der Waals surface area contributed by atoms with Crippen molar-refractivity contribution < 1.29 is 9.90 Å². The zero-order valence-electron chi connectivity index (χ0n) is 13.7. The molecule has 1 aliphatic heterocycles. The first-order valence-electron chi connectivity index (χ1n) is 8.04. The lowest BCUT2D eigenvalue weighted by molar-refractivity contribution is -0.116. The van der Waals surface area contributed by atoms with Crippen molar-refractivity contribution in [3.63, 3.8) is 0 Å². The van der Waals surface area contributed by atoms with Crippen LogP contribution >= 0.6 is 11.8 Å². The number of allylic oxidation sites excluding steroid dienone is 1. The summed E-state index contributed by atoms with van der Waals surface area (Å²) in [5.41, 5.74) is 3.06. The van der Waals surface area contributed by atoms with Crippen molar-refractivity contribution in [2.45, 2.75) is 24.0 Å². The van der Waals surface area contributed by atoms with Crippen LogP contribution in [-0.4, -0.2) is 28.6 Å². The van der Waals surface area contributed by atoms with Gasteiger partial charge in [0, 0.05) is 30.1 Å². The summed E-state index contributed by atoms with van der Waals surface area (Å²) in [6.07, 6.45) is 2.55. The molecule has 2 aromatic carbocycles. The van der Waals surface area contributed by atoms with Crippen LogP contribution in [0.25, 0.3) is 5.57 Å². The number of benzene rings is 2. The third kappa shape index (κ3) is 3.89. The van der Waals surface area contributed by atoms with Gasteiger partial charge in [-0.1, -0.05) is 42.5 Å². The fraction of sp³-hybridized carbons (Fsp3) is 0.250. The van der Waals surface area contributed by atoms with E-state index in [4.69, 9.17) is 0 Å². The van der Waals surface area contributed by atoms with Crippen LogP contribution in [0.2, 0.25) is 0 Å². The predicted molar refractivity (Wildman–Crippen MR) is 98.5 cm³/mol. The Morgan fingerprint density at radius 1 is 1.12 bits per heavy atom. The molecule has 3 nitrogen and oxygen atoms in total. The van der Waals surface area contributed by atoms with Gasteiger partial charge in [-0.15, -0.1) is 11.8 Å². The van der Waals surface area contributed by atoms with E-state index in [1.54, 1.807) is 16.7 Å². The number of carbonyl (C=O) groups is 1. The molecular weight excluding hydrogens is 318 g/mol. The number of hydrogen-bond acceptors (Lipinski definition) is 4. The van der Waals surface area contributed by atoms with E-state index in [1.165, 1.54) is 0 Å². The highest BCUT2D eigenvalue weighted by molar-refractivity contribution is 8.00. The lowest BCUT2D eigenvalue weighted by atomic mass is 9.92. The molecule has 0 aromatic heterocycles. The Morgan fingerprint density at radius 2 is 1.83 bits per heavy atom. The molecule has 0 aliphatic carbocycles. The molecule has 4 heteroatoms. The van der Waals surface area contributed by atoms with E-state index in [-0.39, 0.29) is 5.78 Å². The normalized spacial score (nSPS) is 16.5.